The first kappa shape index (κ1) is 18.1. The van der Waals surface area contributed by atoms with Gasteiger partial charge in [-0.05, 0) is 19.1 Å². The molecule has 0 radical (unpaired) electrons. The van der Waals surface area contributed by atoms with Crippen molar-refractivity contribution in [2.45, 2.75) is 19.4 Å². The van der Waals surface area contributed by atoms with Crippen molar-refractivity contribution in [3.63, 3.8) is 0 Å². The molecule has 1 aliphatic heterocycles. The van der Waals surface area contributed by atoms with Gasteiger partial charge in [-0.15, -0.1) is 0 Å². The third-order valence-electron chi connectivity index (χ3n) is 4.81. The van der Waals surface area contributed by atoms with Gasteiger partial charge in [-0.3, -0.25) is 14.3 Å². The molecule has 138 valence electrons. The van der Waals surface area contributed by atoms with Crippen molar-refractivity contribution in [3.8, 4) is 0 Å². The maximum absolute atomic E-state index is 12.9. The van der Waals surface area contributed by atoms with Gasteiger partial charge in [-0.2, -0.15) is 5.10 Å². The predicted molar refractivity (Wildman–Crippen MR) is 95.2 cm³/mol. The highest BCUT2D eigenvalue weighted by Gasteiger charge is 2.45. The minimum absolute atomic E-state index is 0.0588. The highest BCUT2D eigenvalue weighted by Crippen LogP contribution is 2.39. The van der Waals surface area contributed by atoms with E-state index in [0.29, 0.717) is 19.0 Å². The zero-order valence-corrected chi connectivity index (χ0v) is 15.2. The lowest BCUT2D eigenvalue weighted by molar-refractivity contribution is -0.129. The van der Waals surface area contributed by atoms with Crippen LogP contribution in [0.5, 0.6) is 0 Å². The van der Waals surface area contributed by atoms with E-state index in [1.54, 1.807) is 47.3 Å². The van der Waals surface area contributed by atoms with E-state index in [0.717, 1.165) is 11.3 Å². The standard InChI is InChI=1S/C18H23N5O3/c1-12-14(11-20-22(12)2)17-13(10-16(24)23(17)8-9-26-3)18(25)21-15-6-4-5-7-19-15/h4-7,11,13,17H,8-10H2,1-3H3,(H,19,21,25)/t13-,17-/m0/s1. The molecule has 1 N–H and O–H groups in total. The summed E-state index contributed by atoms with van der Waals surface area (Å²) in [6.07, 6.45) is 3.50. The molecule has 8 heteroatoms. The Hall–Kier alpha value is -2.74. The number of aryl methyl sites for hydroxylation is 1. The van der Waals surface area contributed by atoms with Crippen LogP contribution in [0.1, 0.15) is 23.7 Å². The van der Waals surface area contributed by atoms with E-state index >= 15 is 0 Å². The minimum atomic E-state index is -0.510. The molecule has 1 fully saturated rings. The van der Waals surface area contributed by atoms with Gasteiger partial charge in [0.05, 0.1) is 24.8 Å². The fraction of sp³-hybridized carbons (Fsp3) is 0.444. The summed E-state index contributed by atoms with van der Waals surface area (Å²) in [5, 5.41) is 7.10. The lowest BCUT2D eigenvalue weighted by atomic mass is 9.93. The SMILES string of the molecule is COCCN1C(=O)C[C@H](C(=O)Nc2ccccn2)[C@H]1c1cnn(C)c1C. The van der Waals surface area contributed by atoms with Gasteiger partial charge < -0.3 is 15.0 Å². The molecule has 0 saturated carbocycles. The maximum Gasteiger partial charge on any atom is 0.231 e. The molecule has 2 aromatic heterocycles. The van der Waals surface area contributed by atoms with E-state index in [1.807, 2.05) is 14.0 Å². The predicted octanol–water partition coefficient (Wildman–Crippen LogP) is 1.30. The number of carbonyl (C=O) groups is 2. The largest absolute Gasteiger partial charge is 0.383 e. The summed E-state index contributed by atoms with van der Waals surface area (Å²) in [5.41, 5.74) is 1.82. The number of amides is 2. The first-order chi connectivity index (χ1) is 12.5. The van der Waals surface area contributed by atoms with Gasteiger partial charge in [0, 0.05) is 44.6 Å². The molecule has 3 heterocycles. The van der Waals surface area contributed by atoms with Crippen molar-refractivity contribution in [2.24, 2.45) is 13.0 Å². The average molecular weight is 357 g/mol. The Kier molecular flexibility index (Phi) is 5.32. The Morgan fingerprint density at radius 3 is 2.85 bits per heavy atom. The molecule has 26 heavy (non-hydrogen) atoms. The molecule has 2 amide bonds. The summed E-state index contributed by atoms with van der Waals surface area (Å²) in [6, 6.07) is 4.94. The number of carbonyl (C=O) groups excluding carboxylic acids is 2. The van der Waals surface area contributed by atoms with E-state index in [9.17, 15) is 9.59 Å². The van der Waals surface area contributed by atoms with E-state index in [-0.39, 0.29) is 24.3 Å². The topological polar surface area (TPSA) is 89.3 Å². The van der Waals surface area contributed by atoms with E-state index in [2.05, 4.69) is 15.4 Å². The Bertz CT molecular complexity index is 789. The summed E-state index contributed by atoms with van der Waals surface area (Å²) in [7, 11) is 3.44. The first-order valence-electron chi connectivity index (χ1n) is 8.51. The van der Waals surface area contributed by atoms with Crippen molar-refractivity contribution in [3.05, 3.63) is 41.9 Å². The monoisotopic (exact) mass is 357 g/mol. The molecular weight excluding hydrogens is 334 g/mol. The van der Waals surface area contributed by atoms with Crippen LogP contribution in [-0.4, -0.2) is 51.7 Å². The lowest BCUT2D eigenvalue weighted by Crippen LogP contribution is -2.34. The van der Waals surface area contributed by atoms with Crippen LogP contribution in [0.2, 0.25) is 0 Å². The van der Waals surface area contributed by atoms with Crippen molar-refractivity contribution >= 4 is 17.6 Å². The van der Waals surface area contributed by atoms with Gasteiger partial charge in [-0.25, -0.2) is 4.98 Å². The Morgan fingerprint density at radius 2 is 2.23 bits per heavy atom. The molecule has 0 unspecified atom stereocenters. The van der Waals surface area contributed by atoms with Crippen LogP contribution < -0.4 is 5.32 Å². The highest BCUT2D eigenvalue weighted by molar-refractivity contribution is 5.97. The number of methoxy groups -OCH3 is 1. The Labute approximate surface area is 152 Å². The molecule has 2 aromatic rings. The van der Waals surface area contributed by atoms with Gasteiger partial charge in [0.2, 0.25) is 11.8 Å². The number of nitrogens with one attached hydrogen (secondary N) is 1. The van der Waals surface area contributed by atoms with Crippen molar-refractivity contribution in [2.75, 3.05) is 25.6 Å². The minimum Gasteiger partial charge on any atom is -0.383 e. The molecule has 1 saturated heterocycles. The molecule has 3 rings (SSSR count). The lowest BCUT2D eigenvalue weighted by Gasteiger charge is -2.27. The quantitative estimate of drug-likeness (QED) is 0.842. The van der Waals surface area contributed by atoms with Gasteiger partial charge in [-0.1, -0.05) is 6.07 Å². The second-order valence-corrected chi connectivity index (χ2v) is 6.35. The summed E-state index contributed by atoms with van der Waals surface area (Å²) in [5.74, 6) is -0.312. The van der Waals surface area contributed by atoms with E-state index in [1.165, 1.54) is 0 Å². The van der Waals surface area contributed by atoms with Crippen LogP contribution in [-0.2, 0) is 21.4 Å². The molecule has 0 bridgehead atoms. The number of hydrogen-bond acceptors (Lipinski definition) is 5. The molecule has 8 nitrogen and oxygen atoms in total. The van der Waals surface area contributed by atoms with E-state index < -0.39 is 5.92 Å². The molecule has 0 aromatic carbocycles. The Balaban J connectivity index is 1.90. The average Bonchev–Trinajstić information content (AvgIpc) is 3.13. The normalized spacial score (nSPS) is 19.8. The number of pyridine rings is 1. The summed E-state index contributed by atoms with van der Waals surface area (Å²) < 4.78 is 6.89. The second kappa shape index (κ2) is 7.65. The van der Waals surface area contributed by atoms with Crippen LogP contribution in [0.15, 0.2) is 30.6 Å². The van der Waals surface area contributed by atoms with Crippen molar-refractivity contribution in [1.82, 2.24) is 19.7 Å². The molecule has 0 spiro atoms. The number of rotatable bonds is 6. The number of nitrogens with zero attached hydrogens (tertiary/aromatic N) is 4. The zero-order valence-electron chi connectivity index (χ0n) is 15.2. The third kappa shape index (κ3) is 3.45. The number of ether oxygens (including phenoxy) is 1. The fourth-order valence-corrected chi connectivity index (χ4v) is 3.33. The molecular formula is C18H23N5O3. The maximum atomic E-state index is 12.9. The summed E-state index contributed by atoms with van der Waals surface area (Å²) >= 11 is 0. The third-order valence-corrected chi connectivity index (χ3v) is 4.81. The Morgan fingerprint density at radius 1 is 1.42 bits per heavy atom. The molecule has 1 aliphatic rings. The zero-order chi connectivity index (χ0) is 18.7. The molecule has 2 atom stereocenters. The smallest absolute Gasteiger partial charge is 0.231 e. The van der Waals surface area contributed by atoms with Crippen LogP contribution >= 0.6 is 0 Å². The number of hydrogen-bond donors (Lipinski definition) is 1. The first-order valence-corrected chi connectivity index (χ1v) is 8.51. The van der Waals surface area contributed by atoms with Crippen LogP contribution in [0, 0.1) is 12.8 Å². The second-order valence-electron chi connectivity index (χ2n) is 6.35. The molecule has 0 aliphatic carbocycles. The number of aromatic nitrogens is 3. The van der Waals surface area contributed by atoms with Gasteiger partial charge >= 0.3 is 0 Å². The van der Waals surface area contributed by atoms with Crippen molar-refractivity contribution < 1.29 is 14.3 Å². The van der Waals surface area contributed by atoms with Crippen LogP contribution in [0.25, 0.3) is 0 Å². The summed E-state index contributed by atoms with van der Waals surface area (Å²) in [6.45, 7) is 2.78. The summed E-state index contributed by atoms with van der Waals surface area (Å²) in [4.78, 5) is 31.3. The van der Waals surface area contributed by atoms with E-state index in [4.69, 9.17) is 4.74 Å². The van der Waals surface area contributed by atoms with Crippen LogP contribution in [0.3, 0.4) is 0 Å². The number of anilines is 1. The van der Waals surface area contributed by atoms with Gasteiger partial charge in [0.15, 0.2) is 0 Å². The van der Waals surface area contributed by atoms with Crippen molar-refractivity contribution in [1.29, 1.82) is 0 Å². The highest BCUT2D eigenvalue weighted by atomic mass is 16.5. The number of likely N-dealkylation sites (tertiary alicyclic amines) is 1. The van der Waals surface area contributed by atoms with Gasteiger partial charge in [0.1, 0.15) is 5.82 Å². The van der Waals surface area contributed by atoms with Crippen LogP contribution in [0.4, 0.5) is 5.82 Å². The fourth-order valence-electron chi connectivity index (χ4n) is 3.33. The van der Waals surface area contributed by atoms with Gasteiger partial charge in [0.25, 0.3) is 0 Å².